The molecule has 16 heavy (non-hydrogen) atoms. The van der Waals surface area contributed by atoms with Gasteiger partial charge in [-0.2, -0.15) is 0 Å². The molecule has 2 heteroatoms. The monoisotopic (exact) mass is 213 g/mol. The summed E-state index contributed by atoms with van der Waals surface area (Å²) in [5, 5.41) is 0. The van der Waals surface area contributed by atoms with E-state index in [9.17, 15) is 0 Å². The van der Waals surface area contributed by atoms with Crippen molar-refractivity contribution in [2.24, 2.45) is 0 Å². The normalized spacial score (nSPS) is 30.2. The van der Waals surface area contributed by atoms with Gasteiger partial charge in [0.2, 0.25) is 0 Å². The molecule has 0 amide bonds. The van der Waals surface area contributed by atoms with E-state index >= 15 is 0 Å². The molecule has 82 valence electrons. The molecule has 3 aliphatic rings. The maximum absolute atomic E-state index is 5.98. The first-order valence-corrected chi connectivity index (χ1v) is 6.19. The van der Waals surface area contributed by atoms with Gasteiger partial charge < -0.3 is 9.64 Å². The summed E-state index contributed by atoms with van der Waals surface area (Å²) in [6, 6.07) is 9.14. The molecule has 0 aromatic heterocycles. The first-order chi connectivity index (χ1) is 7.93. The van der Waals surface area contributed by atoms with Crippen molar-refractivity contribution in [2.45, 2.75) is 31.2 Å². The lowest BCUT2D eigenvalue weighted by atomic mass is 9.87. The second-order valence-electron chi connectivity index (χ2n) is 4.93. The van der Waals surface area contributed by atoms with Crippen molar-refractivity contribution in [3.63, 3.8) is 0 Å². The SMILES string of the molecule is C1=C2Oc3ccccc3C1C1CCCCN21. The van der Waals surface area contributed by atoms with Gasteiger partial charge in [0.05, 0.1) is 0 Å². The van der Waals surface area contributed by atoms with Gasteiger partial charge in [0, 0.05) is 24.1 Å². The fraction of sp³-hybridized carbons (Fsp3) is 0.429. The van der Waals surface area contributed by atoms with Gasteiger partial charge in [0.25, 0.3) is 0 Å². The van der Waals surface area contributed by atoms with E-state index in [0.29, 0.717) is 12.0 Å². The van der Waals surface area contributed by atoms with Crippen LogP contribution in [0.4, 0.5) is 0 Å². The molecule has 1 fully saturated rings. The zero-order valence-corrected chi connectivity index (χ0v) is 9.23. The van der Waals surface area contributed by atoms with E-state index in [1.807, 2.05) is 0 Å². The number of hydrogen-bond donors (Lipinski definition) is 0. The number of para-hydroxylation sites is 1. The van der Waals surface area contributed by atoms with E-state index < -0.39 is 0 Å². The van der Waals surface area contributed by atoms with Gasteiger partial charge in [0.15, 0.2) is 5.88 Å². The smallest absolute Gasteiger partial charge is 0.192 e. The van der Waals surface area contributed by atoms with Crippen molar-refractivity contribution < 1.29 is 4.74 Å². The van der Waals surface area contributed by atoms with Crippen molar-refractivity contribution in [1.82, 2.24) is 4.90 Å². The first-order valence-electron chi connectivity index (χ1n) is 6.19. The summed E-state index contributed by atoms with van der Waals surface area (Å²) >= 11 is 0. The molecule has 0 saturated carbocycles. The minimum absolute atomic E-state index is 0.570. The van der Waals surface area contributed by atoms with Gasteiger partial charge >= 0.3 is 0 Å². The largest absolute Gasteiger partial charge is 0.441 e. The summed E-state index contributed by atoms with van der Waals surface area (Å²) in [6.45, 7) is 1.17. The molecule has 2 atom stereocenters. The quantitative estimate of drug-likeness (QED) is 0.657. The summed E-state index contributed by atoms with van der Waals surface area (Å²) in [7, 11) is 0. The summed E-state index contributed by atoms with van der Waals surface area (Å²) < 4.78 is 5.98. The number of hydrogen-bond acceptors (Lipinski definition) is 2. The standard InChI is InChI=1S/C14H15NO/c1-2-7-13-10(5-1)11-9-14(16-13)15-8-4-3-6-12(11)15/h1-2,5,7,9,11-12H,3-4,6,8H2. The summed E-state index contributed by atoms with van der Waals surface area (Å²) in [5.41, 5.74) is 1.38. The minimum atomic E-state index is 0.570. The Balaban J connectivity index is 1.81. The van der Waals surface area contributed by atoms with Gasteiger partial charge in [-0.05, 0) is 31.4 Å². The van der Waals surface area contributed by atoms with Crippen LogP contribution in [0.1, 0.15) is 30.7 Å². The number of benzene rings is 1. The molecule has 0 radical (unpaired) electrons. The molecule has 4 rings (SSSR count). The number of fused-ring (bicyclic) bond motifs is 6. The third kappa shape index (κ3) is 1.02. The molecular formula is C14H15NO. The predicted octanol–water partition coefficient (Wildman–Crippen LogP) is 2.87. The molecule has 2 bridgehead atoms. The van der Waals surface area contributed by atoms with Crippen LogP contribution in [0.15, 0.2) is 36.2 Å². The molecule has 3 heterocycles. The van der Waals surface area contributed by atoms with E-state index in [1.54, 1.807) is 0 Å². The van der Waals surface area contributed by atoms with Crippen molar-refractivity contribution in [2.75, 3.05) is 6.54 Å². The van der Waals surface area contributed by atoms with Gasteiger partial charge in [0.1, 0.15) is 5.75 Å². The molecule has 2 unspecified atom stereocenters. The van der Waals surface area contributed by atoms with Crippen LogP contribution in [0.25, 0.3) is 0 Å². The lowest BCUT2D eigenvalue weighted by Crippen LogP contribution is -2.37. The second kappa shape index (κ2) is 3.03. The Morgan fingerprint density at radius 2 is 2.12 bits per heavy atom. The minimum Gasteiger partial charge on any atom is -0.441 e. The maximum atomic E-state index is 5.98. The molecule has 0 spiro atoms. The summed E-state index contributed by atoms with van der Waals surface area (Å²) in [5.74, 6) is 2.74. The van der Waals surface area contributed by atoms with E-state index in [4.69, 9.17) is 4.74 Å². The van der Waals surface area contributed by atoms with Gasteiger partial charge in [-0.15, -0.1) is 0 Å². The van der Waals surface area contributed by atoms with Gasteiger partial charge in [-0.25, -0.2) is 0 Å². The molecule has 0 aliphatic carbocycles. The van der Waals surface area contributed by atoms with Crippen LogP contribution in [-0.2, 0) is 0 Å². The van der Waals surface area contributed by atoms with Crippen molar-refractivity contribution >= 4 is 0 Å². The molecule has 2 nitrogen and oxygen atoms in total. The predicted molar refractivity (Wildman–Crippen MR) is 62.2 cm³/mol. The average molecular weight is 213 g/mol. The molecule has 1 saturated heterocycles. The zero-order valence-electron chi connectivity index (χ0n) is 9.23. The van der Waals surface area contributed by atoms with Crippen molar-refractivity contribution in [3.8, 4) is 5.75 Å². The van der Waals surface area contributed by atoms with Gasteiger partial charge in [-0.3, -0.25) is 0 Å². The highest BCUT2D eigenvalue weighted by Gasteiger charge is 2.41. The van der Waals surface area contributed by atoms with Crippen LogP contribution in [-0.4, -0.2) is 17.5 Å². The van der Waals surface area contributed by atoms with Crippen molar-refractivity contribution in [1.29, 1.82) is 0 Å². The van der Waals surface area contributed by atoms with Crippen LogP contribution < -0.4 is 4.74 Å². The number of ether oxygens (including phenoxy) is 1. The van der Waals surface area contributed by atoms with Crippen LogP contribution >= 0.6 is 0 Å². The summed E-state index contributed by atoms with van der Waals surface area (Å²) in [4.78, 5) is 2.47. The van der Waals surface area contributed by atoms with Gasteiger partial charge in [-0.1, -0.05) is 18.2 Å². The third-order valence-corrected chi connectivity index (χ3v) is 4.06. The zero-order chi connectivity index (χ0) is 10.5. The van der Waals surface area contributed by atoms with Crippen molar-refractivity contribution in [3.05, 3.63) is 41.8 Å². The fourth-order valence-electron chi connectivity index (χ4n) is 3.32. The number of nitrogens with zero attached hydrogens (tertiary/aromatic N) is 1. The lowest BCUT2D eigenvalue weighted by molar-refractivity contribution is 0.154. The van der Waals surface area contributed by atoms with Crippen LogP contribution in [0.5, 0.6) is 5.75 Å². The fourth-order valence-corrected chi connectivity index (χ4v) is 3.32. The Hall–Kier alpha value is -1.44. The Kier molecular flexibility index (Phi) is 1.65. The van der Waals surface area contributed by atoms with Crippen LogP contribution in [0, 0.1) is 0 Å². The molecule has 0 N–H and O–H groups in total. The highest BCUT2D eigenvalue weighted by Crippen LogP contribution is 2.47. The average Bonchev–Trinajstić information content (AvgIpc) is 2.65. The second-order valence-corrected chi connectivity index (χ2v) is 4.93. The van der Waals surface area contributed by atoms with E-state index in [2.05, 4.69) is 35.2 Å². The maximum Gasteiger partial charge on any atom is 0.192 e. The Morgan fingerprint density at radius 1 is 1.19 bits per heavy atom. The third-order valence-electron chi connectivity index (χ3n) is 4.06. The Bertz CT molecular complexity index is 466. The molecule has 3 aliphatic heterocycles. The Labute approximate surface area is 95.5 Å². The Morgan fingerprint density at radius 3 is 3.12 bits per heavy atom. The molecular weight excluding hydrogens is 198 g/mol. The number of rotatable bonds is 0. The highest BCUT2D eigenvalue weighted by atomic mass is 16.5. The lowest BCUT2D eigenvalue weighted by Gasteiger charge is -2.33. The number of piperidine rings is 1. The van der Waals surface area contributed by atoms with Crippen LogP contribution in [0.2, 0.25) is 0 Å². The molecule has 1 aromatic rings. The topological polar surface area (TPSA) is 12.5 Å². The van der Waals surface area contributed by atoms with E-state index in [0.717, 1.165) is 11.6 Å². The molecule has 1 aromatic carbocycles. The first kappa shape index (κ1) is 8.68. The van der Waals surface area contributed by atoms with Crippen LogP contribution in [0.3, 0.4) is 0 Å². The van der Waals surface area contributed by atoms with E-state index in [1.165, 1.54) is 31.4 Å². The highest BCUT2D eigenvalue weighted by molar-refractivity contribution is 5.46. The van der Waals surface area contributed by atoms with E-state index in [-0.39, 0.29) is 0 Å². The summed E-state index contributed by atoms with van der Waals surface area (Å²) in [6.07, 6.45) is 6.29.